The predicted octanol–water partition coefficient (Wildman–Crippen LogP) is -9.90. The van der Waals surface area contributed by atoms with Crippen molar-refractivity contribution in [3.63, 3.8) is 0 Å². The third kappa shape index (κ3) is 7.99. The molecule has 9 nitrogen and oxygen atoms in total. The molecule has 0 aromatic carbocycles. The van der Waals surface area contributed by atoms with Crippen LogP contribution in [0.15, 0.2) is 0 Å². The van der Waals surface area contributed by atoms with E-state index >= 15 is 0 Å². The third-order valence-electron chi connectivity index (χ3n) is 1.07. The Balaban J connectivity index is -0.0000000833. The first-order valence-electron chi connectivity index (χ1n) is 2.30. The maximum atomic E-state index is 10.1. The quantitative estimate of drug-likeness (QED) is 0.329. The van der Waals surface area contributed by atoms with Crippen molar-refractivity contribution in [3.8, 4) is 0 Å². The summed E-state index contributed by atoms with van der Waals surface area (Å²) in [5.74, 6) is 0. The predicted molar refractivity (Wildman–Crippen MR) is 37.5 cm³/mol. The zero-order valence-corrected chi connectivity index (χ0v) is 14.2. The van der Waals surface area contributed by atoms with Gasteiger partial charge in [0.15, 0.2) is 20.3 Å². The zero-order chi connectivity index (χ0) is 9.50. The van der Waals surface area contributed by atoms with E-state index in [1.807, 2.05) is 0 Å². The third-order valence-corrected chi connectivity index (χ3v) is 4.73. The largest absolute Gasteiger partial charge is 1.00 e. The van der Waals surface area contributed by atoms with E-state index in [-0.39, 0.29) is 77.0 Å². The summed E-state index contributed by atoms with van der Waals surface area (Å²) in [6.45, 7) is 0.258. The molecule has 2 atom stereocenters. The minimum Gasteiger partial charge on any atom is -0.776 e. The number of hydrogen-bond acceptors (Lipinski definition) is 5. The Morgan fingerprint density at radius 1 is 1.00 bits per heavy atom. The number of hydrogen-bond donors (Lipinski definition) is 3. The van der Waals surface area contributed by atoms with Gasteiger partial charge in [0.25, 0.3) is 0 Å². The van der Waals surface area contributed by atoms with Gasteiger partial charge >= 0.3 is 59.1 Å². The molecule has 2 unspecified atom stereocenters. The molecule has 0 saturated heterocycles. The van der Waals surface area contributed by atoms with Crippen LogP contribution in [-0.2, 0) is 9.13 Å². The monoisotopic (exact) mass is 286 g/mol. The molecule has 13 heteroatoms. The van der Waals surface area contributed by atoms with Crippen LogP contribution in [-0.4, -0.2) is 30.9 Å². The summed E-state index contributed by atoms with van der Waals surface area (Å²) in [5.41, 5.74) is 0. The Morgan fingerprint density at radius 2 is 1.13 bits per heavy atom. The fraction of sp³-hybridized carbons (Fsp3) is 1.00. The molecule has 84 valence electrons. The molecule has 7 N–H and O–H groups in total. The second-order valence-electron chi connectivity index (χ2n) is 2.01. The molecule has 0 heterocycles. The van der Waals surface area contributed by atoms with Crippen molar-refractivity contribution < 1.29 is 104 Å². The van der Waals surface area contributed by atoms with E-state index in [1.165, 1.54) is 0 Å². The van der Waals surface area contributed by atoms with Gasteiger partial charge in [-0.2, -0.15) is 0 Å². The SMILES string of the molecule is CC(O)(P(=O)([O-])O)P(=O)([O-])O.O.O.[Na+].[Na+]. The molecule has 0 aromatic rings. The normalized spacial score (nSPS) is 20.7. The molecule has 0 fully saturated rings. The summed E-state index contributed by atoms with van der Waals surface area (Å²) in [6.07, 6.45) is 0. The molecule has 0 aromatic heterocycles. The van der Waals surface area contributed by atoms with E-state index in [1.54, 1.807) is 0 Å². The van der Waals surface area contributed by atoms with Crippen molar-refractivity contribution >= 4 is 15.2 Å². The first-order chi connectivity index (χ1) is 4.50. The molecule has 0 saturated carbocycles. The summed E-state index contributed by atoms with van der Waals surface area (Å²) in [4.78, 5) is 36.4. The Labute approximate surface area is 130 Å². The Kier molecular flexibility index (Phi) is 18.5. The van der Waals surface area contributed by atoms with Crippen LogP contribution in [0, 0.1) is 0 Å². The second kappa shape index (κ2) is 9.16. The molecule has 15 heavy (non-hydrogen) atoms. The van der Waals surface area contributed by atoms with E-state index in [0.717, 1.165) is 0 Å². The first kappa shape index (κ1) is 30.3. The Hall–Kier alpha value is 2.18. The van der Waals surface area contributed by atoms with Gasteiger partial charge in [-0.3, -0.25) is 0 Å². The van der Waals surface area contributed by atoms with Gasteiger partial charge in [0.05, 0.1) is 0 Å². The van der Waals surface area contributed by atoms with Crippen molar-refractivity contribution in [2.24, 2.45) is 0 Å². The van der Waals surface area contributed by atoms with Crippen LogP contribution in [0.5, 0.6) is 0 Å². The van der Waals surface area contributed by atoms with Crippen LogP contribution in [0.3, 0.4) is 0 Å². The molecular formula is C2H10Na2O9P2. The van der Waals surface area contributed by atoms with Crippen molar-refractivity contribution in [3.05, 3.63) is 0 Å². The van der Waals surface area contributed by atoms with Crippen LogP contribution < -0.4 is 68.9 Å². The van der Waals surface area contributed by atoms with E-state index in [2.05, 4.69) is 0 Å². The molecule has 0 spiro atoms. The fourth-order valence-corrected chi connectivity index (χ4v) is 1.44. The van der Waals surface area contributed by atoms with Crippen LogP contribution in [0.4, 0.5) is 0 Å². The van der Waals surface area contributed by atoms with Crippen molar-refractivity contribution in [2.75, 3.05) is 0 Å². The van der Waals surface area contributed by atoms with Crippen LogP contribution in [0.25, 0.3) is 0 Å². The number of rotatable bonds is 2. The van der Waals surface area contributed by atoms with Gasteiger partial charge in [0.2, 0.25) is 0 Å². The zero-order valence-electron chi connectivity index (χ0n) is 8.37. The second-order valence-corrected chi connectivity index (χ2v) is 6.19. The Bertz CT molecular complexity index is 216. The van der Waals surface area contributed by atoms with Gasteiger partial charge in [-0.1, -0.05) is 0 Å². The smallest absolute Gasteiger partial charge is 0.776 e. The summed E-state index contributed by atoms with van der Waals surface area (Å²) < 4.78 is 20.2. The summed E-state index contributed by atoms with van der Waals surface area (Å²) in [6, 6.07) is 0. The molecule has 0 radical (unpaired) electrons. The van der Waals surface area contributed by atoms with Crippen LogP contribution >= 0.6 is 15.2 Å². The minimum atomic E-state index is -5.51. The van der Waals surface area contributed by atoms with Gasteiger partial charge in [-0.25, -0.2) is 0 Å². The summed E-state index contributed by atoms with van der Waals surface area (Å²) in [7, 11) is -11.0. The first-order valence-corrected chi connectivity index (χ1v) is 5.46. The van der Waals surface area contributed by atoms with E-state index in [9.17, 15) is 18.9 Å². The van der Waals surface area contributed by atoms with Gasteiger partial charge < -0.3 is 44.8 Å². The van der Waals surface area contributed by atoms with E-state index in [4.69, 9.17) is 14.9 Å². The van der Waals surface area contributed by atoms with Crippen LogP contribution in [0.2, 0.25) is 0 Å². The van der Waals surface area contributed by atoms with Crippen molar-refractivity contribution in [1.29, 1.82) is 0 Å². The van der Waals surface area contributed by atoms with Crippen molar-refractivity contribution in [2.45, 2.75) is 12.0 Å². The number of aliphatic hydroxyl groups is 1. The molecule has 0 aliphatic carbocycles. The standard InChI is InChI=1S/C2H8O7P2.2Na.2H2O/c1-2(3,10(4,5)6)11(7,8)9;;;;/h3H,1H3,(H2,4,5,6)(H2,7,8,9);;;2*1H2/q;2*+1;;/p-2. The minimum absolute atomic E-state index is 0. The topological polar surface area (TPSA) is 204 Å². The molecule has 0 aliphatic rings. The molecule has 0 bridgehead atoms. The average molecular weight is 286 g/mol. The van der Waals surface area contributed by atoms with E-state index < -0.39 is 20.3 Å². The van der Waals surface area contributed by atoms with Crippen molar-refractivity contribution in [1.82, 2.24) is 0 Å². The van der Waals surface area contributed by atoms with Gasteiger partial charge in [-0.15, -0.1) is 0 Å². The van der Waals surface area contributed by atoms with E-state index in [0.29, 0.717) is 0 Å². The summed E-state index contributed by atoms with van der Waals surface area (Å²) >= 11 is 0. The molecular weight excluding hydrogens is 276 g/mol. The molecule has 0 aliphatic heterocycles. The summed E-state index contributed by atoms with van der Waals surface area (Å²) in [5, 5.41) is 5.02. The fourth-order valence-electron chi connectivity index (χ4n) is 0.160. The van der Waals surface area contributed by atoms with Crippen LogP contribution in [0.1, 0.15) is 6.92 Å². The Morgan fingerprint density at radius 3 is 1.13 bits per heavy atom. The molecule has 0 amide bonds. The van der Waals surface area contributed by atoms with Gasteiger partial charge in [0.1, 0.15) is 0 Å². The maximum Gasteiger partial charge on any atom is 1.00 e. The molecule has 0 rings (SSSR count). The van der Waals surface area contributed by atoms with Gasteiger partial charge in [-0.05, 0) is 6.92 Å². The maximum absolute atomic E-state index is 10.1. The van der Waals surface area contributed by atoms with Gasteiger partial charge in [0, 0.05) is 0 Å². The average Bonchev–Trinajstić information content (AvgIpc) is 1.58.